The molecule has 0 saturated carbocycles. The van der Waals surface area contributed by atoms with E-state index >= 15 is 0 Å². The summed E-state index contributed by atoms with van der Waals surface area (Å²) in [6.45, 7) is 10.1. The number of morpholine rings is 1. The summed E-state index contributed by atoms with van der Waals surface area (Å²) in [6.07, 6.45) is 2.17. The number of ether oxygens (including phenoxy) is 1. The first kappa shape index (κ1) is 13.6. The first-order valence-electron chi connectivity index (χ1n) is 7.40. The molecular formula is C14H23N5O. The van der Waals surface area contributed by atoms with Crippen LogP contribution >= 0.6 is 0 Å². The summed E-state index contributed by atoms with van der Waals surface area (Å²) in [7, 11) is 0. The molecule has 2 aliphatic heterocycles. The maximum absolute atomic E-state index is 5.78. The van der Waals surface area contributed by atoms with Crippen LogP contribution in [0.5, 0.6) is 0 Å². The Kier molecular flexibility index (Phi) is 4.03. The highest BCUT2D eigenvalue weighted by Crippen LogP contribution is 2.21. The van der Waals surface area contributed by atoms with Crippen molar-refractivity contribution in [2.45, 2.75) is 26.1 Å². The molecule has 1 aromatic heterocycles. The van der Waals surface area contributed by atoms with Gasteiger partial charge in [0, 0.05) is 45.3 Å². The number of rotatable bonds is 2. The van der Waals surface area contributed by atoms with Gasteiger partial charge in [-0.1, -0.05) is 0 Å². The van der Waals surface area contributed by atoms with Crippen LogP contribution in [-0.2, 0) is 4.74 Å². The van der Waals surface area contributed by atoms with E-state index in [2.05, 4.69) is 45.0 Å². The minimum Gasteiger partial charge on any atom is -0.372 e. The maximum Gasteiger partial charge on any atom is 0.134 e. The molecule has 0 unspecified atom stereocenters. The quantitative estimate of drug-likeness (QED) is 0.849. The van der Waals surface area contributed by atoms with E-state index in [4.69, 9.17) is 4.74 Å². The summed E-state index contributed by atoms with van der Waals surface area (Å²) >= 11 is 0. The van der Waals surface area contributed by atoms with Crippen LogP contribution in [0, 0.1) is 0 Å². The minimum atomic E-state index is 0.247. The molecule has 20 heavy (non-hydrogen) atoms. The summed E-state index contributed by atoms with van der Waals surface area (Å²) in [5.41, 5.74) is 0. The smallest absolute Gasteiger partial charge is 0.134 e. The molecule has 0 radical (unpaired) electrons. The van der Waals surface area contributed by atoms with Gasteiger partial charge in [-0.05, 0) is 13.8 Å². The van der Waals surface area contributed by atoms with Gasteiger partial charge in [0.2, 0.25) is 0 Å². The molecule has 2 saturated heterocycles. The average molecular weight is 277 g/mol. The number of hydrogen-bond donors (Lipinski definition) is 1. The van der Waals surface area contributed by atoms with Crippen LogP contribution in [0.25, 0.3) is 0 Å². The lowest BCUT2D eigenvalue weighted by atomic mass is 10.2. The molecule has 0 amide bonds. The summed E-state index contributed by atoms with van der Waals surface area (Å²) < 4.78 is 5.78. The molecular weight excluding hydrogens is 254 g/mol. The Balaban J connectivity index is 1.76. The van der Waals surface area contributed by atoms with Crippen molar-refractivity contribution >= 4 is 11.6 Å². The van der Waals surface area contributed by atoms with Gasteiger partial charge in [-0.15, -0.1) is 0 Å². The Morgan fingerprint density at radius 2 is 1.65 bits per heavy atom. The van der Waals surface area contributed by atoms with Gasteiger partial charge in [-0.25, -0.2) is 9.97 Å². The first-order valence-corrected chi connectivity index (χ1v) is 7.40. The molecule has 2 atom stereocenters. The van der Waals surface area contributed by atoms with Crippen molar-refractivity contribution in [3.63, 3.8) is 0 Å². The zero-order chi connectivity index (χ0) is 13.9. The van der Waals surface area contributed by atoms with Crippen LogP contribution in [-0.4, -0.2) is 61.4 Å². The predicted octanol–water partition coefficient (Wildman–Crippen LogP) is 0.500. The Bertz CT molecular complexity index is 439. The van der Waals surface area contributed by atoms with Gasteiger partial charge in [0.15, 0.2) is 0 Å². The number of piperazine rings is 1. The van der Waals surface area contributed by atoms with Gasteiger partial charge >= 0.3 is 0 Å². The second kappa shape index (κ2) is 5.93. The lowest BCUT2D eigenvalue weighted by Gasteiger charge is -2.36. The molecule has 2 aliphatic rings. The molecule has 2 fully saturated rings. The van der Waals surface area contributed by atoms with E-state index in [0.29, 0.717) is 0 Å². The molecule has 110 valence electrons. The second-order valence-corrected chi connectivity index (χ2v) is 5.63. The SMILES string of the molecule is C[C@@H]1CN(c2cc(N3CCNCC3)ncn2)C[C@@H](C)O1. The molecule has 6 heteroatoms. The van der Waals surface area contributed by atoms with Crippen LogP contribution in [0.15, 0.2) is 12.4 Å². The van der Waals surface area contributed by atoms with E-state index in [0.717, 1.165) is 50.9 Å². The molecule has 0 spiro atoms. The van der Waals surface area contributed by atoms with E-state index in [-0.39, 0.29) is 12.2 Å². The van der Waals surface area contributed by atoms with Crippen LogP contribution in [0.1, 0.15) is 13.8 Å². The van der Waals surface area contributed by atoms with E-state index in [1.807, 2.05) is 0 Å². The number of anilines is 2. The Morgan fingerprint density at radius 3 is 2.30 bits per heavy atom. The van der Waals surface area contributed by atoms with Gasteiger partial charge in [0.05, 0.1) is 12.2 Å². The molecule has 1 aromatic rings. The Morgan fingerprint density at radius 1 is 1.05 bits per heavy atom. The number of hydrogen-bond acceptors (Lipinski definition) is 6. The third kappa shape index (κ3) is 3.02. The molecule has 3 rings (SSSR count). The van der Waals surface area contributed by atoms with Crippen LogP contribution in [0.2, 0.25) is 0 Å². The van der Waals surface area contributed by atoms with E-state index in [1.165, 1.54) is 0 Å². The standard InChI is InChI=1S/C14H23N5O/c1-11-8-19(9-12(2)20-11)14-7-13(16-10-17-14)18-5-3-15-4-6-18/h7,10-12,15H,3-6,8-9H2,1-2H3/t11-,12-/m1/s1. The average Bonchev–Trinajstić information content (AvgIpc) is 2.47. The number of nitrogens with zero attached hydrogens (tertiary/aromatic N) is 4. The van der Waals surface area contributed by atoms with Gasteiger partial charge in [-0.3, -0.25) is 0 Å². The van der Waals surface area contributed by atoms with Gasteiger partial charge in [0.1, 0.15) is 18.0 Å². The summed E-state index contributed by atoms with van der Waals surface area (Å²) in [5, 5.41) is 3.36. The van der Waals surface area contributed by atoms with Crippen molar-refractivity contribution in [1.82, 2.24) is 15.3 Å². The fraction of sp³-hybridized carbons (Fsp3) is 0.714. The highest BCUT2D eigenvalue weighted by atomic mass is 16.5. The van der Waals surface area contributed by atoms with Crippen LogP contribution < -0.4 is 15.1 Å². The van der Waals surface area contributed by atoms with E-state index in [1.54, 1.807) is 6.33 Å². The van der Waals surface area contributed by atoms with Gasteiger partial charge in [0.25, 0.3) is 0 Å². The molecule has 0 aliphatic carbocycles. The molecule has 1 N–H and O–H groups in total. The van der Waals surface area contributed by atoms with Crippen molar-refractivity contribution in [1.29, 1.82) is 0 Å². The summed E-state index contributed by atoms with van der Waals surface area (Å²) in [4.78, 5) is 13.5. The van der Waals surface area contributed by atoms with Crippen molar-refractivity contribution in [2.75, 3.05) is 49.1 Å². The lowest BCUT2D eigenvalue weighted by molar-refractivity contribution is -0.00546. The largest absolute Gasteiger partial charge is 0.372 e. The first-order chi connectivity index (χ1) is 9.72. The zero-order valence-corrected chi connectivity index (χ0v) is 12.2. The van der Waals surface area contributed by atoms with Crippen molar-refractivity contribution in [3.05, 3.63) is 12.4 Å². The molecule has 0 aromatic carbocycles. The van der Waals surface area contributed by atoms with Crippen LogP contribution in [0.3, 0.4) is 0 Å². The van der Waals surface area contributed by atoms with Gasteiger partial charge < -0.3 is 19.9 Å². The predicted molar refractivity (Wildman–Crippen MR) is 79.3 cm³/mol. The summed E-state index contributed by atoms with van der Waals surface area (Å²) in [5.74, 6) is 2.04. The minimum absolute atomic E-state index is 0.247. The van der Waals surface area contributed by atoms with Crippen molar-refractivity contribution < 1.29 is 4.74 Å². The zero-order valence-electron chi connectivity index (χ0n) is 12.2. The number of aromatic nitrogens is 2. The highest BCUT2D eigenvalue weighted by molar-refractivity contribution is 5.50. The third-order valence-corrected chi connectivity index (χ3v) is 3.82. The highest BCUT2D eigenvalue weighted by Gasteiger charge is 2.24. The Hall–Kier alpha value is -1.40. The van der Waals surface area contributed by atoms with Crippen molar-refractivity contribution in [2.24, 2.45) is 0 Å². The Labute approximate surface area is 120 Å². The third-order valence-electron chi connectivity index (χ3n) is 3.82. The van der Waals surface area contributed by atoms with Gasteiger partial charge in [-0.2, -0.15) is 0 Å². The van der Waals surface area contributed by atoms with Crippen molar-refractivity contribution in [3.8, 4) is 0 Å². The normalized spacial score (nSPS) is 27.7. The summed E-state index contributed by atoms with van der Waals surface area (Å²) in [6, 6.07) is 2.11. The second-order valence-electron chi connectivity index (χ2n) is 5.63. The fourth-order valence-corrected chi connectivity index (χ4v) is 2.94. The number of nitrogens with one attached hydrogen (secondary N) is 1. The molecule has 0 bridgehead atoms. The maximum atomic E-state index is 5.78. The lowest BCUT2D eigenvalue weighted by Crippen LogP contribution is -2.46. The van der Waals surface area contributed by atoms with Crippen LogP contribution in [0.4, 0.5) is 11.6 Å². The monoisotopic (exact) mass is 277 g/mol. The topological polar surface area (TPSA) is 53.5 Å². The fourth-order valence-electron chi connectivity index (χ4n) is 2.94. The molecule has 6 nitrogen and oxygen atoms in total. The molecule has 3 heterocycles. The van der Waals surface area contributed by atoms with E-state index in [9.17, 15) is 0 Å². The van der Waals surface area contributed by atoms with E-state index < -0.39 is 0 Å².